The van der Waals surface area contributed by atoms with Crippen LogP contribution in [0.5, 0.6) is 5.75 Å². The van der Waals surface area contributed by atoms with Gasteiger partial charge in [0.05, 0.1) is 5.92 Å². The number of carbonyl (C=O) groups is 1. The highest BCUT2D eigenvalue weighted by Crippen LogP contribution is 2.35. The van der Waals surface area contributed by atoms with Gasteiger partial charge in [0.25, 0.3) is 0 Å². The molecule has 0 radical (unpaired) electrons. The lowest BCUT2D eigenvalue weighted by atomic mass is 9.77. The van der Waals surface area contributed by atoms with Gasteiger partial charge in [-0.1, -0.05) is 24.3 Å². The molecule has 0 bridgehead atoms. The lowest BCUT2D eigenvalue weighted by Gasteiger charge is -2.28. The minimum Gasteiger partial charge on any atom is -0.492 e. The molecule has 0 spiro atoms. The van der Waals surface area contributed by atoms with Crippen molar-refractivity contribution < 1.29 is 9.53 Å². The van der Waals surface area contributed by atoms with Gasteiger partial charge < -0.3 is 15.4 Å². The first kappa shape index (κ1) is 13.3. The molecule has 1 amide bonds. The van der Waals surface area contributed by atoms with E-state index in [1.54, 1.807) is 0 Å². The highest BCUT2D eigenvalue weighted by molar-refractivity contribution is 5.97. The second-order valence-corrected chi connectivity index (χ2v) is 5.79. The molecule has 1 aliphatic carbocycles. The maximum atomic E-state index is 12.4. The Labute approximate surface area is 129 Å². The lowest BCUT2D eigenvalue weighted by molar-refractivity contribution is -0.118. The standard InChI is InChI=1S/C18H18N2O2/c21-18(16-10-12-3-1-2-4-15(12)16)20-14-5-6-17-13(9-14)11-19-7-8-22-17/h1-6,9,16,19H,7-8,10-11H2,(H,20,21). The minimum atomic E-state index is -0.0237. The predicted octanol–water partition coefficient (Wildman–Crippen LogP) is 2.45. The Kier molecular flexibility index (Phi) is 3.31. The maximum absolute atomic E-state index is 12.4. The van der Waals surface area contributed by atoms with Crippen molar-refractivity contribution in [2.24, 2.45) is 0 Å². The zero-order chi connectivity index (χ0) is 14.9. The van der Waals surface area contributed by atoms with Gasteiger partial charge in [0, 0.05) is 24.3 Å². The van der Waals surface area contributed by atoms with Crippen LogP contribution in [0, 0.1) is 0 Å². The highest BCUT2D eigenvalue weighted by atomic mass is 16.5. The number of anilines is 1. The molecule has 0 fully saturated rings. The van der Waals surface area contributed by atoms with Crippen molar-refractivity contribution in [3.05, 3.63) is 59.2 Å². The summed E-state index contributed by atoms with van der Waals surface area (Å²) in [5.74, 6) is 0.947. The first-order chi connectivity index (χ1) is 10.8. The molecule has 22 heavy (non-hydrogen) atoms. The Bertz CT molecular complexity index is 727. The monoisotopic (exact) mass is 294 g/mol. The van der Waals surface area contributed by atoms with E-state index >= 15 is 0 Å². The zero-order valence-corrected chi connectivity index (χ0v) is 12.3. The van der Waals surface area contributed by atoms with E-state index in [-0.39, 0.29) is 11.8 Å². The molecule has 4 rings (SSSR count). The van der Waals surface area contributed by atoms with Crippen LogP contribution >= 0.6 is 0 Å². The Morgan fingerprint density at radius 1 is 1.18 bits per heavy atom. The molecule has 0 saturated heterocycles. The largest absolute Gasteiger partial charge is 0.492 e. The first-order valence-corrected chi connectivity index (χ1v) is 7.66. The molecule has 2 aliphatic rings. The van der Waals surface area contributed by atoms with Crippen LogP contribution in [-0.2, 0) is 17.8 Å². The fourth-order valence-corrected chi connectivity index (χ4v) is 3.11. The van der Waals surface area contributed by atoms with Crippen LogP contribution in [-0.4, -0.2) is 19.1 Å². The van der Waals surface area contributed by atoms with E-state index in [0.717, 1.165) is 42.1 Å². The van der Waals surface area contributed by atoms with Gasteiger partial charge in [-0.25, -0.2) is 0 Å². The second-order valence-electron chi connectivity index (χ2n) is 5.79. The van der Waals surface area contributed by atoms with E-state index in [9.17, 15) is 4.79 Å². The molecule has 4 nitrogen and oxygen atoms in total. The minimum absolute atomic E-state index is 0.0237. The van der Waals surface area contributed by atoms with Crippen molar-refractivity contribution in [1.29, 1.82) is 0 Å². The van der Waals surface area contributed by atoms with Crippen molar-refractivity contribution in [2.75, 3.05) is 18.5 Å². The molecule has 1 aliphatic heterocycles. The zero-order valence-electron chi connectivity index (χ0n) is 12.3. The number of amides is 1. The number of nitrogens with one attached hydrogen (secondary N) is 2. The van der Waals surface area contributed by atoms with E-state index in [1.807, 2.05) is 36.4 Å². The van der Waals surface area contributed by atoms with Gasteiger partial charge in [0.15, 0.2) is 0 Å². The van der Waals surface area contributed by atoms with Gasteiger partial charge in [-0.05, 0) is 35.7 Å². The van der Waals surface area contributed by atoms with Crippen molar-refractivity contribution in [1.82, 2.24) is 5.32 Å². The number of fused-ring (bicyclic) bond motifs is 2. The Morgan fingerprint density at radius 2 is 2.09 bits per heavy atom. The quantitative estimate of drug-likeness (QED) is 0.894. The molecule has 112 valence electrons. The molecule has 1 atom stereocenters. The fraction of sp³-hybridized carbons (Fsp3) is 0.278. The number of ether oxygens (including phenoxy) is 1. The number of carbonyl (C=O) groups excluding carboxylic acids is 1. The third-order valence-corrected chi connectivity index (χ3v) is 4.35. The average Bonchev–Trinajstić information content (AvgIpc) is 2.73. The summed E-state index contributed by atoms with van der Waals surface area (Å²) >= 11 is 0. The summed E-state index contributed by atoms with van der Waals surface area (Å²) in [5, 5.41) is 6.34. The van der Waals surface area contributed by atoms with Gasteiger partial charge in [0.1, 0.15) is 12.4 Å². The number of hydrogen-bond acceptors (Lipinski definition) is 3. The SMILES string of the molecule is O=C(Nc1ccc2c(c1)CNCCO2)C1Cc2ccccc21. The fourth-order valence-electron chi connectivity index (χ4n) is 3.11. The normalized spacial score (nSPS) is 19.0. The predicted molar refractivity (Wildman–Crippen MR) is 85.2 cm³/mol. The summed E-state index contributed by atoms with van der Waals surface area (Å²) < 4.78 is 5.66. The van der Waals surface area contributed by atoms with Crippen LogP contribution in [0.1, 0.15) is 22.6 Å². The summed E-state index contributed by atoms with van der Waals surface area (Å²) in [6.45, 7) is 2.29. The number of hydrogen-bond donors (Lipinski definition) is 2. The van der Waals surface area contributed by atoms with Crippen molar-refractivity contribution in [3.63, 3.8) is 0 Å². The molecule has 1 heterocycles. The smallest absolute Gasteiger partial charge is 0.232 e. The lowest BCUT2D eigenvalue weighted by Crippen LogP contribution is -2.30. The van der Waals surface area contributed by atoms with Crippen LogP contribution in [0.4, 0.5) is 5.69 Å². The third kappa shape index (κ3) is 2.35. The maximum Gasteiger partial charge on any atom is 0.232 e. The summed E-state index contributed by atoms with van der Waals surface area (Å²) in [7, 11) is 0. The van der Waals surface area contributed by atoms with Crippen LogP contribution < -0.4 is 15.4 Å². The molecule has 0 aromatic heterocycles. The van der Waals surface area contributed by atoms with Crippen molar-refractivity contribution in [2.45, 2.75) is 18.9 Å². The van der Waals surface area contributed by atoms with Gasteiger partial charge in [-0.2, -0.15) is 0 Å². The number of rotatable bonds is 2. The second kappa shape index (κ2) is 5.46. The molecule has 1 unspecified atom stereocenters. The molecule has 2 aromatic carbocycles. The molecule has 4 heteroatoms. The Morgan fingerprint density at radius 3 is 3.00 bits per heavy atom. The van der Waals surface area contributed by atoms with Crippen molar-refractivity contribution in [3.8, 4) is 5.75 Å². The molecule has 0 saturated carbocycles. The van der Waals surface area contributed by atoms with Crippen molar-refractivity contribution >= 4 is 11.6 Å². The number of benzene rings is 2. The summed E-state index contributed by atoms with van der Waals surface area (Å²) in [5.41, 5.74) is 4.35. The third-order valence-electron chi connectivity index (χ3n) is 4.35. The Hall–Kier alpha value is -2.33. The molecular formula is C18H18N2O2. The van der Waals surface area contributed by atoms with Crippen LogP contribution in [0.3, 0.4) is 0 Å². The van der Waals surface area contributed by atoms with E-state index in [4.69, 9.17) is 4.74 Å². The van der Waals surface area contributed by atoms with Gasteiger partial charge >= 0.3 is 0 Å². The average molecular weight is 294 g/mol. The van der Waals surface area contributed by atoms with E-state index in [1.165, 1.54) is 5.56 Å². The molecular weight excluding hydrogens is 276 g/mol. The molecule has 2 aromatic rings. The molecule has 2 N–H and O–H groups in total. The summed E-state index contributed by atoms with van der Waals surface area (Å²) in [6, 6.07) is 14.0. The highest BCUT2D eigenvalue weighted by Gasteiger charge is 2.31. The van der Waals surface area contributed by atoms with Crippen LogP contribution in [0.2, 0.25) is 0 Å². The van der Waals surface area contributed by atoms with Gasteiger partial charge in [-0.15, -0.1) is 0 Å². The summed E-state index contributed by atoms with van der Waals surface area (Å²) in [6.07, 6.45) is 0.831. The van der Waals surface area contributed by atoms with Crippen LogP contribution in [0.25, 0.3) is 0 Å². The van der Waals surface area contributed by atoms with Gasteiger partial charge in [-0.3, -0.25) is 4.79 Å². The topological polar surface area (TPSA) is 50.4 Å². The first-order valence-electron chi connectivity index (χ1n) is 7.66. The van der Waals surface area contributed by atoms with Gasteiger partial charge in [0.2, 0.25) is 5.91 Å². The van der Waals surface area contributed by atoms with Crippen LogP contribution in [0.15, 0.2) is 42.5 Å². The van der Waals surface area contributed by atoms with E-state index in [2.05, 4.69) is 16.7 Å². The summed E-state index contributed by atoms with van der Waals surface area (Å²) in [4.78, 5) is 12.4. The Balaban J connectivity index is 1.50. The van der Waals surface area contributed by atoms with E-state index in [0.29, 0.717) is 6.61 Å². The van der Waals surface area contributed by atoms with E-state index < -0.39 is 0 Å².